The number of carbonyl (C=O) groups is 1. The van der Waals surface area contributed by atoms with Crippen molar-refractivity contribution in [1.82, 2.24) is 0 Å². The summed E-state index contributed by atoms with van der Waals surface area (Å²) in [5.41, 5.74) is 1.13. The molecule has 2 aromatic rings. The van der Waals surface area contributed by atoms with Crippen LogP contribution in [0.2, 0.25) is 0 Å². The van der Waals surface area contributed by atoms with Crippen LogP contribution >= 0.6 is 7.74 Å². The first-order chi connectivity index (χ1) is 14.6. The van der Waals surface area contributed by atoms with Crippen LogP contribution in [-0.4, -0.2) is 24.1 Å². The van der Waals surface area contributed by atoms with E-state index in [1.165, 1.54) is 0 Å². The zero-order valence-electron chi connectivity index (χ0n) is 18.9. The molecule has 0 saturated carbocycles. The van der Waals surface area contributed by atoms with Crippen molar-refractivity contribution in [2.24, 2.45) is 0 Å². The van der Waals surface area contributed by atoms with Crippen molar-refractivity contribution in [2.45, 2.75) is 59.9 Å². The molecule has 31 heavy (non-hydrogen) atoms. The molecule has 0 N–H and O–H groups in total. The molecule has 1 aliphatic heterocycles. The number of hydrogen-bond acceptors (Lipinski definition) is 6. The maximum absolute atomic E-state index is 13.5. The Kier molecular flexibility index (Phi) is 6.87. The van der Waals surface area contributed by atoms with Crippen LogP contribution in [-0.2, 0) is 22.6 Å². The van der Waals surface area contributed by atoms with Gasteiger partial charge in [-0.15, -0.1) is 0 Å². The van der Waals surface area contributed by atoms with E-state index in [2.05, 4.69) is 0 Å². The van der Waals surface area contributed by atoms with E-state index in [4.69, 9.17) is 22.6 Å². The summed E-state index contributed by atoms with van der Waals surface area (Å²) < 4.78 is 31.4. The molecule has 7 heteroatoms. The van der Waals surface area contributed by atoms with Crippen LogP contribution in [0.5, 0.6) is 0 Å². The fourth-order valence-corrected chi connectivity index (χ4v) is 6.74. The van der Waals surface area contributed by atoms with Gasteiger partial charge in [0.05, 0.1) is 0 Å². The number of allylic oxidation sites excluding steroid dienone is 1. The molecule has 0 atom stereocenters. The third-order valence-electron chi connectivity index (χ3n) is 4.11. The average Bonchev–Trinajstić information content (AvgIpc) is 3.02. The van der Waals surface area contributed by atoms with E-state index in [1.54, 1.807) is 24.3 Å². The van der Waals surface area contributed by atoms with Crippen LogP contribution in [0.4, 0.5) is 0 Å². The van der Waals surface area contributed by atoms with Gasteiger partial charge in [-0.1, -0.05) is 0 Å². The summed E-state index contributed by atoms with van der Waals surface area (Å²) in [4.78, 5) is 13.5. The van der Waals surface area contributed by atoms with E-state index in [0.29, 0.717) is 11.1 Å². The minimum absolute atomic E-state index is 0.0111. The molecule has 0 amide bonds. The Morgan fingerprint density at radius 2 is 1.16 bits per heavy atom. The molecule has 0 saturated heterocycles. The molecule has 1 aliphatic rings. The fourth-order valence-electron chi connectivity index (χ4n) is 3.27. The summed E-state index contributed by atoms with van der Waals surface area (Å²) >= 11 is 0. The number of Topliss-reactive ketones (excluding diaryl/α,β-unsaturated/α-hetero) is 1. The molecule has 3 rings (SSSR count). The Balaban J connectivity index is 2.20. The first-order valence-corrected chi connectivity index (χ1v) is 12.3. The van der Waals surface area contributed by atoms with Gasteiger partial charge in [-0.3, -0.25) is 0 Å². The molecular formula is C24H31O6P. The van der Waals surface area contributed by atoms with Crippen LogP contribution in [0.25, 0.3) is 5.76 Å². The molecule has 168 valence electrons. The number of benzene rings is 2. The van der Waals surface area contributed by atoms with Crippen LogP contribution < -0.4 is 0 Å². The molecule has 0 spiro atoms. The number of hydrogen-bond donors (Lipinski definition) is 0. The number of ketones is 1. The van der Waals surface area contributed by atoms with Crippen molar-refractivity contribution < 1.29 is 27.4 Å². The number of carbonyl (C=O) groups excluding carboxylic acids is 1. The van der Waals surface area contributed by atoms with Crippen molar-refractivity contribution in [3.8, 4) is 0 Å². The summed E-state index contributed by atoms with van der Waals surface area (Å²) in [7, 11) is -4.68. The molecular weight excluding hydrogens is 415 g/mol. The van der Waals surface area contributed by atoms with Gasteiger partial charge in [0.2, 0.25) is 0 Å². The standard InChI is InChI=1S/C24H31O6P/c1-17(2)26-31(27-18(3)4,28-19(5)6)29-23(21-15-11-8-12-16-21)24(30-31)22(25)20-13-9-7-10-14-20/h7-19H,1-6H3. The second-order valence-electron chi connectivity index (χ2n) is 8.11. The predicted octanol–water partition coefficient (Wildman–Crippen LogP) is 6.69. The van der Waals surface area contributed by atoms with Crippen LogP contribution in [0.3, 0.4) is 0 Å². The normalized spacial score (nSPS) is 18.5. The quantitative estimate of drug-likeness (QED) is 0.316. The summed E-state index contributed by atoms with van der Waals surface area (Å²) in [5, 5.41) is 0. The summed E-state index contributed by atoms with van der Waals surface area (Å²) in [6.45, 7) is 11.0. The zero-order chi connectivity index (χ0) is 22.7. The van der Waals surface area contributed by atoms with Crippen molar-refractivity contribution in [1.29, 1.82) is 0 Å². The maximum atomic E-state index is 13.5. The zero-order valence-corrected chi connectivity index (χ0v) is 19.8. The second kappa shape index (κ2) is 9.09. The molecule has 0 aliphatic carbocycles. The summed E-state index contributed by atoms with van der Waals surface area (Å²) in [6, 6.07) is 18.2. The Labute approximate surface area is 184 Å². The van der Waals surface area contributed by atoms with Crippen LogP contribution in [0.15, 0.2) is 66.4 Å². The van der Waals surface area contributed by atoms with Gasteiger partial charge in [-0.2, -0.15) is 0 Å². The predicted molar refractivity (Wildman–Crippen MR) is 122 cm³/mol. The molecule has 0 aromatic heterocycles. The molecule has 0 radical (unpaired) electrons. The Bertz CT molecular complexity index is 908. The third kappa shape index (κ3) is 5.16. The van der Waals surface area contributed by atoms with Crippen molar-refractivity contribution in [2.75, 3.05) is 0 Å². The topological polar surface area (TPSA) is 63.2 Å². The first kappa shape index (κ1) is 23.4. The Hall–Kier alpha value is -2.24. The average molecular weight is 446 g/mol. The van der Waals surface area contributed by atoms with Gasteiger partial charge in [0, 0.05) is 0 Å². The summed E-state index contributed by atoms with van der Waals surface area (Å²) in [5.74, 6) is -0.0795. The van der Waals surface area contributed by atoms with Gasteiger partial charge in [-0.05, 0) is 0 Å². The van der Waals surface area contributed by atoms with E-state index < -0.39 is 7.74 Å². The molecule has 6 nitrogen and oxygen atoms in total. The van der Waals surface area contributed by atoms with Gasteiger partial charge < -0.3 is 0 Å². The van der Waals surface area contributed by atoms with E-state index in [1.807, 2.05) is 77.9 Å². The third-order valence-corrected chi connectivity index (χ3v) is 7.37. The van der Waals surface area contributed by atoms with Crippen molar-refractivity contribution >= 4 is 19.3 Å². The van der Waals surface area contributed by atoms with Crippen molar-refractivity contribution in [3.05, 3.63) is 77.5 Å². The van der Waals surface area contributed by atoms with Gasteiger partial charge in [0.1, 0.15) is 0 Å². The molecule has 1 heterocycles. The Morgan fingerprint density at radius 1 is 0.710 bits per heavy atom. The fraction of sp³-hybridized carbons (Fsp3) is 0.375. The van der Waals surface area contributed by atoms with Gasteiger partial charge in [0.15, 0.2) is 0 Å². The van der Waals surface area contributed by atoms with Crippen LogP contribution in [0, 0.1) is 0 Å². The first-order valence-electron chi connectivity index (χ1n) is 10.5. The molecule has 2 aromatic carbocycles. The van der Waals surface area contributed by atoms with E-state index in [-0.39, 0.29) is 35.6 Å². The molecule has 0 fully saturated rings. The SMILES string of the molecule is CC(C)OP1(OC(C)C)(OC(C)C)OC(C(=O)c2ccccc2)=C(c2ccccc2)O1. The monoisotopic (exact) mass is 446 g/mol. The number of rotatable bonds is 9. The van der Waals surface area contributed by atoms with Crippen LogP contribution in [0.1, 0.15) is 57.5 Å². The van der Waals surface area contributed by atoms with Gasteiger partial charge >= 0.3 is 184 Å². The van der Waals surface area contributed by atoms with Crippen molar-refractivity contribution in [3.63, 3.8) is 0 Å². The Morgan fingerprint density at radius 3 is 1.61 bits per heavy atom. The minimum atomic E-state index is -4.68. The van der Waals surface area contributed by atoms with E-state index >= 15 is 0 Å². The molecule has 0 unspecified atom stereocenters. The van der Waals surface area contributed by atoms with Gasteiger partial charge in [0.25, 0.3) is 0 Å². The van der Waals surface area contributed by atoms with E-state index in [0.717, 1.165) is 0 Å². The summed E-state index contributed by atoms with van der Waals surface area (Å²) in [6.07, 6.45) is -1.05. The second-order valence-corrected chi connectivity index (χ2v) is 10.6. The molecule has 0 bridgehead atoms. The van der Waals surface area contributed by atoms with Gasteiger partial charge in [-0.25, -0.2) is 0 Å². The van der Waals surface area contributed by atoms with E-state index in [9.17, 15) is 4.79 Å².